The molecule has 2 aromatic rings. The molecule has 4 rings (SSSR count). The van der Waals surface area contributed by atoms with Gasteiger partial charge in [-0.25, -0.2) is 0 Å². The van der Waals surface area contributed by atoms with Gasteiger partial charge in [-0.05, 0) is 37.3 Å². The Morgan fingerprint density at radius 3 is 3.22 bits per heavy atom. The summed E-state index contributed by atoms with van der Waals surface area (Å²) in [6.45, 7) is 1.52. The van der Waals surface area contributed by atoms with E-state index >= 15 is 0 Å². The SMILES string of the molecule is COc1ccnc(C(=O)N2CCCC3(CCc4cn[nH]c43)C2)c1. The van der Waals surface area contributed by atoms with Crippen LogP contribution < -0.4 is 4.74 Å². The van der Waals surface area contributed by atoms with Gasteiger partial charge in [-0.1, -0.05) is 0 Å². The molecular weight excluding hydrogens is 292 g/mol. The van der Waals surface area contributed by atoms with Crippen molar-refractivity contribution in [2.24, 2.45) is 0 Å². The number of amides is 1. The smallest absolute Gasteiger partial charge is 0.272 e. The Hall–Kier alpha value is -2.37. The number of carbonyl (C=O) groups excluding carboxylic acids is 1. The molecule has 0 aromatic carbocycles. The number of aryl methyl sites for hydroxylation is 1. The molecule has 1 amide bonds. The first-order valence-electron chi connectivity index (χ1n) is 8.04. The Bertz CT molecular complexity index is 742. The second-order valence-corrected chi connectivity index (χ2v) is 6.46. The summed E-state index contributed by atoms with van der Waals surface area (Å²) in [4.78, 5) is 19.0. The number of hydrogen-bond acceptors (Lipinski definition) is 4. The lowest BCUT2D eigenvalue weighted by Gasteiger charge is -2.40. The zero-order chi connectivity index (χ0) is 15.9. The van der Waals surface area contributed by atoms with Crippen molar-refractivity contribution < 1.29 is 9.53 Å². The van der Waals surface area contributed by atoms with E-state index in [-0.39, 0.29) is 11.3 Å². The van der Waals surface area contributed by atoms with Gasteiger partial charge in [0.2, 0.25) is 0 Å². The Labute approximate surface area is 134 Å². The fraction of sp³-hybridized carbons (Fsp3) is 0.471. The van der Waals surface area contributed by atoms with Gasteiger partial charge in [0.1, 0.15) is 11.4 Å². The van der Waals surface area contributed by atoms with Gasteiger partial charge in [-0.15, -0.1) is 0 Å². The molecule has 2 aromatic heterocycles. The fourth-order valence-corrected chi connectivity index (χ4v) is 3.99. The third kappa shape index (κ3) is 2.29. The van der Waals surface area contributed by atoms with Crippen molar-refractivity contribution >= 4 is 5.91 Å². The first kappa shape index (κ1) is 14.2. The van der Waals surface area contributed by atoms with Crippen molar-refractivity contribution in [3.8, 4) is 5.75 Å². The van der Waals surface area contributed by atoms with Gasteiger partial charge in [0.25, 0.3) is 5.91 Å². The lowest BCUT2D eigenvalue weighted by molar-refractivity contribution is 0.0626. The van der Waals surface area contributed by atoms with Gasteiger partial charge in [-0.3, -0.25) is 14.9 Å². The van der Waals surface area contributed by atoms with E-state index in [1.165, 1.54) is 11.3 Å². The molecular formula is C17H20N4O2. The van der Waals surface area contributed by atoms with Crippen LogP contribution >= 0.6 is 0 Å². The van der Waals surface area contributed by atoms with Gasteiger partial charge in [0.15, 0.2) is 0 Å². The number of carbonyl (C=O) groups is 1. The van der Waals surface area contributed by atoms with Crippen molar-refractivity contribution in [3.63, 3.8) is 0 Å². The van der Waals surface area contributed by atoms with Crippen LogP contribution in [0.5, 0.6) is 5.75 Å². The van der Waals surface area contributed by atoms with E-state index in [9.17, 15) is 4.79 Å². The second-order valence-electron chi connectivity index (χ2n) is 6.46. The molecule has 1 saturated heterocycles. The number of aromatic nitrogens is 3. The largest absolute Gasteiger partial charge is 0.497 e. The molecule has 1 spiro atoms. The Morgan fingerprint density at radius 1 is 1.43 bits per heavy atom. The van der Waals surface area contributed by atoms with Crippen LogP contribution in [-0.2, 0) is 11.8 Å². The number of piperidine rings is 1. The Kier molecular flexibility index (Phi) is 3.32. The average molecular weight is 312 g/mol. The summed E-state index contributed by atoms with van der Waals surface area (Å²) >= 11 is 0. The molecule has 0 bridgehead atoms. The Morgan fingerprint density at radius 2 is 2.35 bits per heavy atom. The van der Waals surface area contributed by atoms with Crippen molar-refractivity contribution in [2.75, 3.05) is 20.2 Å². The van der Waals surface area contributed by atoms with E-state index in [4.69, 9.17) is 4.74 Å². The third-order valence-corrected chi connectivity index (χ3v) is 5.17. The summed E-state index contributed by atoms with van der Waals surface area (Å²) in [6, 6.07) is 3.46. The molecule has 23 heavy (non-hydrogen) atoms. The predicted octanol–water partition coefficient (Wildman–Crippen LogP) is 1.93. The van der Waals surface area contributed by atoms with E-state index in [1.807, 2.05) is 11.1 Å². The topological polar surface area (TPSA) is 71.1 Å². The van der Waals surface area contributed by atoms with Gasteiger partial charge in [0.05, 0.1) is 13.3 Å². The number of hydrogen-bond donors (Lipinski definition) is 1. The zero-order valence-electron chi connectivity index (χ0n) is 13.2. The van der Waals surface area contributed by atoms with Crippen LogP contribution in [0.25, 0.3) is 0 Å². The van der Waals surface area contributed by atoms with Gasteiger partial charge in [-0.2, -0.15) is 5.10 Å². The first-order chi connectivity index (χ1) is 11.2. The van der Waals surface area contributed by atoms with Crippen LogP contribution in [0.2, 0.25) is 0 Å². The van der Waals surface area contributed by atoms with Crippen LogP contribution in [0.3, 0.4) is 0 Å². The molecule has 2 aliphatic rings. The number of likely N-dealkylation sites (tertiary alicyclic amines) is 1. The van der Waals surface area contributed by atoms with Gasteiger partial charge >= 0.3 is 0 Å². The van der Waals surface area contributed by atoms with E-state index in [0.717, 1.165) is 38.8 Å². The molecule has 1 unspecified atom stereocenters. The van der Waals surface area contributed by atoms with Crippen LogP contribution in [0, 0.1) is 0 Å². The Balaban J connectivity index is 1.59. The number of ether oxygens (including phenoxy) is 1. The highest BCUT2D eigenvalue weighted by molar-refractivity contribution is 5.92. The standard InChI is InChI=1S/C17H20N4O2/c1-23-13-4-7-18-14(9-13)16(22)21-8-2-5-17(11-21)6-3-12-10-19-20-15(12)17/h4,7,9-10H,2-3,5-6,8,11H2,1H3,(H,19,20). The highest BCUT2D eigenvalue weighted by Crippen LogP contribution is 2.44. The summed E-state index contributed by atoms with van der Waals surface area (Å²) < 4.78 is 5.20. The third-order valence-electron chi connectivity index (χ3n) is 5.17. The molecule has 6 heteroatoms. The lowest BCUT2D eigenvalue weighted by Crippen LogP contribution is -2.48. The predicted molar refractivity (Wildman–Crippen MR) is 84.5 cm³/mol. The number of aromatic amines is 1. The zero-order valence-corrected chi connectivity index (χ0v) is 13.2. The number of nitrogens with one attached hydrogen (secondary N) is 1. The maximum absolute atomic E-state index is 12.8. The van der Waals surface area contributed by atoms with Crippen LogP contribution in [0.15, 0.2) is 24.5 Å². The molecule has 1 atom stereocenters. The van der Waals surface area contributed by atoms with E-state index in [0.29, 0.717) is 11.4 Å². The number of methoxy groups -OCH3 is 1. The second kappa shape index (κ2) is 5.37. The van der Waals surface area contributed by atoms with Crippen LogP contribution in [0.4, 0.5) is 0 Å². The lowest BCUT2D eigenvalue weighted by atomic mass is 9.77. The van der Waals surface area contributed by atoms with Crippen molar-refractivity contribution in [1.82, 2.24) is 20.1 Å². The van der Waals surface area contributed by atoms with Crippen molar-refractivity contribution in [3.05, 3.63) is 41.5 Å². The fourth-order valence-electron chi connectivity index (χ4n) is 3.99. The summed E-state index contributed by atoms with van der Waals surface area (Å²) in [5.74, 6) is 0.641. The minimum Gasteiger partial charge on any atom is -0.497 e. The quantitative estimate of drug-likeness (QED) is 0.920. The summed E-state index contributed by atoms with van der Waals surface area (Å²) in [7, 11) is 1.60. The molecule has 3 heterocycles. The number of H-pyrrole nitrogens is 1. The highest BCUT2D eigenvalue weighted by atomic mass is 16.5. The average Bonchev–Trinajstić information content (AvgIpc) is 3.19. The maximum Gasteiger partial charge on any atom is 0.272 e. The van der Waals surface area contributed by atoms with Crippen molar-refractivity contribution in [2.45, 2.75) is 31.1 Å². The summed E-state index contributed by atoms with van der Waals surface area (Å²) in [6.07, 6.45) is 7.80. The summed E-state index contributed by atoms with van der Waals surface area (Å²) in [5.41, 5.74) is 3.02. The molecule has 1 aliphatic heterocycles. The monoisotopic (exact) mass is 312 g/mol. The molecule has 6 nitrogen and oxygen atoms in total. The molecule has 1 fully saturated rings. The van der Waals surface area contributed by atoms with Crippen LogP contribution in [-0.4, -0.2) is 46.2 Å². The van der Waals surface area contributed by atoms with E-state index in [2.05, 4.69) is 15.2 Å². The van der Waals surface area contributed by atoms with E-state index < -0.39 is 0 Å². The number of pyridine rings is 1. The maximum atomic E-state index is 12.8. The first-order valence-corrected chi connectivity index (χ1v) is 8.04. The minimum atomic E-state index is -0.0176. The molecule has 0 radical (unpaired) electrons. The summed E-state index contributed by atoms with van der Waals surface area (Å²) in [5, 5.41) is 7.36. The molecule has 0 saturated carbocycles. The van der Waals surface area contributed by atoms with E-state index in [1.54, 1.807) is 25.4 Å². The van der Waals surface area contributed by atoms with Crippen molar-refractivity contribution in [1.29, 1.82) is 0 Å². The van der Waals surface area contributed by atoms with Gasteiger partial charge < -0.3 is 9.64 Å². The van der Waals surface area contributed by atoms with Gasteiger partial charge in [0, 0.05) is 36.5 Å². The highest BCUT2D eigenvalue weighted by Gasteiger charge is 2.44. The number of rotatable bonds is 2. The minimum absolute atomic E-state index is 0.0176. The molecule has 1 aliphatic carbocycles. The number of fused-ring (bicyclic) bond motifs is 2. The normalized spacial score (nSPS) is 23.1. The molecule has 1 N–H and O–H groups in total. The number of nitrogens with zero attached hydrogens (tertiary/aromatic N) is 3. The molecule has 120 valence electrons. The van der Waals surface area contributed by atoms with Crippen LogP contribution in [0.1, 0.15) is 41.0 Å².